The summed E-state index contributed by atoms with van der Waals surface area (Å²) in [5.74, 6) is 1.50. The molecule has 30 heavy (non-hydrogen) atoms. The van der Waals surface area contributed by atoms with Crippen LogP contribution in [0.3, 0.4) is 0 Å². The summed E-state index contributed by atoms with van der Waals surface area (Å²) in [6, 6.07) is 22.1. The molecule has 1 atom stereocenters. The van der Waals surface area contributed by atoms with Crippen LogP contribution in [0.25, 0.3) is 0 Å². The van der Waals surface area contributed by atoms with Crippen molar-refractivity contribution in [1.82, 2.24) is 15.6 Å². The van der Waals surface area contributed by atoms with Crippen molar-refractivity contribution in [3.8, 4) is 5.75 Å². The fourth-order valence-electron chi connectivity index (χ4n) is 3.70. The Morgan fingerprint density at radius 3 is 2.70 bits per heavy atom. The first-order chi connectivity index (χ1) is 14.7. The molecule has 0 spiro atoms. The molecule has 0 saturated carbocycles. The zero-order chi connectivity index (χ0) is 20.8. The predicted molar refractivity (Wildman–Crippen MR) is 118 cm³/mol. The van der Waals surface area contributed by atoms with Crippen molar-refractivity contribution in [2.75, 3.05) is 31.6 Å². The van der Waals surface area contributed by atoms with Crippen LogP contribution < -0.4 is 20.3 Å². The van der Waals surface area contributed by atoms with Crippen molar-refractivity contribution in [3.05, 3.63) is 89.6 Å². The lowest BCUT2D eigenvalue weighted by molar-refractivity contribution is 0.0950. The standard InChI is InChI=1S/C24H26N4O2/c1-30-22-10-6-5-9-19(22)15-27-24(29)20-11-12-23(26-16-20)28-14-13-25-21(17-28)18-7-3-2-4-8-18/h2-12,16,21,25H,13-15,17H2,1H3,(H,27,29)/t21-/m0/s1. The molecule has 1 aromatic heterocycles. The molecule has 154 valence electrons. The van der Waals surface area contributed by atoms with E-state index in [1.807, 2.05) is 42.5 Å². The normalized spacial score (nSPS) is 16.2. The van der Waals surface area contributed by atoms with Gasteiger partial charge in [0, 0.05) is 44.0 Å². The van der Waals surface area contributed by atoms with E-state index in [1.54, 1.807) is 13.3 Å². The van der Waals surface area contributed by atoms with E-state index in [2.05, 4.69) is 44.8 Å². The van der Waals surface area contributed by atoms with E-state index < -0.39 is 0 Å². The maximum atomic E-state index is 12.5. The lowest BCUT2D eigenvalue weighted by Gasteiger charge is -2.34. The number of hydrogen-bond acceptors (Lipinski definition) is 5. The van der Waals surface area contributed by atoms with Crippen molar-refractivity contribution in [3.63, 3.8) is 0 Å². The van der Waals surface area contributed by atoms with Gasteiger partial charge in [-0.15, -0.1) is 0 Å². The van der Waals surface area contributed by atoms with Crippen LogP contribution in [0.4, 0.5) is 5.82 Å². The molecule has 1 fully saturated rings. The second-order valence-corrected chi connectivity index (χ2v) is 7.26. The number of pyridine rings is 1. The highest BCUT2D eigenvalue weighted by molar-refractivity contribution is 5.94. The number of nitrogens with zero attached hydrogens (tertiary/aromatic N) is 2. The van der Waals surface area contributed by atoms with E-state index in [9.17, 15) is 4.79 Å². The van der Waals surface area contributed by atoms with Gasteiger partial charge in [-0.25, -0.2) is 4.98 Å². The van der Waals surface area contributed by atoms with Gasteiger partial charge >= 0.3 is 0 Å². The molecule has 0 aliphatic carbocycles. The van der Waals surface area contributed by atoms with Crippen LogP contribution in [0.2, 0.25) is 0 Å². The topological polar surface area (TPSA) is 66.5 Å². The predicted octanol–water partition coefficient (Wildman–Crippen LogP) is 3.17. The zero-order valence-electron chi connectivity index (χ0n) is 17.0. The van der Waals surface area contributed by atoms with Crippen LogP contribution in [-0.2, 0) is 6.54 Å². The number of piperazine rings is 1. The van der Waals surface area contributed by atoms with Crippen molar-refractivity contribution in [2.24, 2.45) is 0 Å². The smallest absolute Gasteiger partial charge is 0.253 e. The number of aromatic nitrogens is 1. The molecule has 1 saturated heterocycles. The SMILES string of the molecule is COc1ccccc1CNC(=O)c1ccc(N2CCN[C@H](c3ccccc3)C2)nc1. The number of carbonyl (C=O) groups is 1. The summed E-state index contributed by atoms with van der Waals surface area (Å²) < 4.78 is 5.33. The number of carbonyl (C=O) groups excluding carboxylic acids is 1. The molecule has 3 aromatic rings. The van der Waals surface area contributed by atoms with Gasteiger partial charge in [-0.2, -0.15) is 0 Å². The van der Waals surface area contributed by atoms with Gasteiger partial charge < -0.3 is 20.3 Å². The third kappa shape index (κ3) is 4.60. The Hall–Kier alpha value is -3.38. The number of rotatable bonds is 6. The Kier molecular flexibility index (Phi) is 6.25. The van der Waals surface area contributed by atoms with Gasteiger partial charge in [-0.1, -0.05) is 48.5 Å². The summed E-state index contributed by atoms with van der Waals surface area (Å²) in [6.45, 7) is 3.02. The van der Waals surface area contributed by atoms with Gasteiger partial charge in [0.15, 0.2) is 0 Å². The van der Waals surface area contributed by atoms with Crippen molar-refractivity contribution in [2.45, 2.75) is 12.6 Å². The van der Waals surface area contributed by atoms with Crippen LogP contribution in [0.5, 0.6) is 5.75 Å². The van der Waals surface area contributed by atoms with E-state index in [0.717, 1.165) is 36.8 Å². The van der Waals surface area contributed by atoms with Crippen LogP contribution >= 0.6 is 0 Å². The quantitative estimate of drug-likeness (QED) is 0.663. The number of benzene rings is 2. The molecule has 2 heterocycles. The molecule has 2 aromatic carbocycles. The van der Waals surface area contributed by atoms with Crippen LogP contribution in [0, 0.1) is 0 Å². The number of anilines is 1. The summed E-state index contributed by atoms with van der Waals surface area (Å²) in [5.41, 5.74) is 2.75. The highest BCUT2D eigenvalue weighted by Crippen LogP contribution is 2.21. The minimum absolute atomic E-state index is 0.151. The number of amides is 1. The van der Waals surface area contributed by atoms with E-state index in [4.69, 9.17) is 4.74 Å². The van der Waals surface area contributed by atoms with Crippen molar-refractivity contribution >= 4 is 11.7 Å². The van der Waals surface area contributed by atoms with Gasteiger partial charge in [0.2, 0.25) is 0 Å². The van der Waals surface area contributed by atoms with Gasteiger partial charge in [0.1, 0.15) is 11.6 Å². The maximum Gasteiger partial charge on any atom is 0.253 e. The Balaban J connectivity index is 1.38. The highest BCUT2D eigenvalue weighted by atomic mass is 16.5. The largest absolute Gasteiger partial charge is 0.496 e. The molecule has 1 aliphatic rings. The summed E-state index contributed by atoms with van der Waals surface area (Å²) in [4.78, 5) is 19.3. The molecular weight excluding hydrogens is 376 g/mol. The number of methoxy groups -OCH3 is 1. The lowest BCUT2D eigenvalue weighted by atomic mass is 10.0. The summed E-state index contributed by atoms with van der Waals surface area (Å²) in [5, 5.41) is 6.50. The molecule has 1 amide bonds. The molecule has 6 nitrogen and oxygen atoms in total. The maximum absolute atomic E-state index is 12.5. The van der Waals surface area contributed by atoms with Gasteiger partial charge in [-0.05, 0) is 23.8 Å². The fraction of sp³-hybridized carbons (Fsp3) is 0.250. The first-order valence-electron chi connectivity index (χ1n) is 10.1. The van der Waals surface area contributed by atoms with E-state index in [0.29, 0.717) is 12.1 Å². The molecule has 1 aliphatic heterocycles. The number of hydrogen-bond donors (Lipinski definition) is 2. The summed E-state index contributed by atoms with van der Waals surface area (Å²) in [7, 11) is 1.63. The lowest BCUT2D eigenvalue weighted by Crippen LogP contribution is -2.46. The molecule has 0 unspecified atom stereocenters. The Morgan fingerprint density at radius 1 is 1.13 bits per heavy atom. The van der Waals surface area contributed by atoms with E-state index in [1.165, 1.54) is 5.56 Å². The van der Waals surface area contributed by atoms with Gasteiger partial charge in [0.05, 0.1) is 12.7 Å². The Bertz CT molecular complexity index is 976. The Labute approximate surface area is 176 Å². The molecule has 4 rings (SSSR count). The Morgan fingerprint density at radius 2 is 1.93 bits per heavy atom. The third-order valence-corrected chi connectivity index (χ3v) is 5.34. The number of nitrogens with one attached hydrogen (secondary N) is 2. The molecule has 0 bridgehead atoms. The van der Waals surface area contributed by atoms with E-state index >= 15 is 0 Å². The average Bonchev–Trinajstić information content (AvgIpc) is 2.83. The van der Waals surface area contributed by atoms with Crippen LogP contribution in [0.15, 0.2) is 72.9 Å². The highest BCUT2D eigenvalue weighted by Gasteiger charge is 2.21. The monoisotopic (exact) mass is 402 g/mol. The van der Waals surface area contributed by atoms with E-state index in [-0.39, 0.29) is 11.9 Å². The van der Waals surface area contributed by atoms with Crippen LogP contribution in [0.1, 0.15) is 27.5 Å². The van der Waals surface area contributed by atoms with Crippen molar-refractivity contribution < 1.29 is 9.53 Å². The average molecular weight is 402 g/mol. The minimum atomic E-state index is -0.151. The molecule has 2 N–H and O–H groups in total. The fourth-order valence-corrected chi connectivity index (χ4v) is 3.70. The minimum Gasteiger partial charge on any atom is -0.496 e. The van der Waals surface area contributed by atoms with Gasteiger partial charge in [0.25, 0.3) is 5.91 Å². The molecular formula is C24H26N4O2. The molecule has 6 heteroatoms. The van der Waals surface area contributed by atoms with Crippen molar-refractivity contribution in [1.29, 1.82) is 0 Å². The zero-order valence-corrected chi connectivity index (χ0v) is 17.0. The molecule has 0 radical (unpaired) electrons. The van der Waals surface area contributed by atoms with Crippen LogP contribution in [-0.4, -0.2) is 37.6 Å². The first-order valence-corrected chi connectivity index (χ1v) is 10.1. The summed E-state index contributed by atoms with van der Waals surface area (Å²) >= 11 is 0. The second kappa shape index (κ2) is 9.41. The number of para-hydroxylation sites is 1. The van der Waals surface area contributed by atoms with Gasteiger partial charge in [-0.3, -0.25) is 4.79 Å². The third-order valence-electron chi connectivity index (χ3n) is 5.34. The number of ether oxygens (including phenoxy) is 1. The second-order valence-electron chi connectivity index (χ2n) is 7.26. The summed E-state index contributed by atoms with van der Waals surface area (Å²) in [6.07, 6.45) is 1.65. The first kappa shape index (κ1) is 19.9.